The summed E-state index contributed by atoms with van der Waals surface area (Å²) in [6.07, 6.45) is 30.0. The molecule has 0 aromatic rings. The first-order valence-electron chi connectivity index (χ1n) is 14.0. The van der Waals surface area contributed by atoms with Crippen molar-refractivity contribution >= 4 is 22.4 Å². The van der Waals surface area contributed by atoms with Crippen molar-refractivity contribution in [2.45, 2.75) is 155 Å². The molecule has 0 aromatic carbocycles. The van der Waals surface area contributed by atoms with Crippen molar-refractivity contribution < 1.29 is 4.43 Å². The van der Waals surface area contributed by atoms with Crippen molar-refractivity contribution in [1.82, 2.24) is 0 Å². The molecule has 0 rings (SSSR count). The highest BCUT2D eigenvalue weighted by Crippen LogP contribution is 2.15. The van der Waals surface area contributed by atoms with Crippen molar-refractivity contribution in [3.05, 3.63) is 0 Å². The number of hydrogen-bond donors (Lipinski definition) is 1. The van der Waals surface area contributed by atoms with Gasteiger partial charge >= 0.3 is 0 Å². The smallest absolute Gasteiger partial charge is 0.161 e. The Kier molecular flexibility index (Phi) is 28.0. The van der Waals surface area contributed by atoms with Gasteiger partial charge < -0.3 is 4.43 Å². The Morgan fingerprint density at radius 3 is 1.40 bits per heavy atom. The van der Waals surface area contributed by atoms with E-state index < -0.39 is 0 Å². The van der Waals surface area contributed by atoms with E-state index >= 15 is 0 Å². The van der Waals surface area contributed by atoms with Gasteiger partial charge in [0.15, 0.2) is 9.76 Å². The van der Waals surface area contributed by atoms with Gasteiger partial charge in [0.1, 0.15) is 0 Å². The summed E-state index contributed by atoms with van der Waals surface area (Å²) < 4.78 is 5.92. The maximum absolute atomic E-state index is 5.92. The van der Waals surface area contributed by atoms with Crippen LogP contribution in [0.25, 0.3) is 0 Å². The fraction of sp³-hybridized carbons (Fsp3) is 1.00. The highest BCUT2D eigenvalue weighted by atomic mass is 32.1. The molecule has 0 aliphatic rings. The van der Waals surface area contributed by atoms with Crippen LogP contribution in [0.3, 0.4) is 0 Å². The second-order valence-corrected chi connectivity index (χ2v) is 11.9. The number of rotatable bonds is 26. The van der Waals surface area contributed by atoms with E-state index in [2.05, 4.69) is 26.5 Å². The van der Waals surface area contributed by atoms with Gasteiger partial charge in [-0.3, -0.25) is 0 Å². The minimum absolute atomic E-state index is 0.212. The molecule has 0 amide bonds. The minimum atomic E-state index is -0.212. The summed E-state index contributed by atoms with van der Waals surface area (Å²) in [5.74, 6) is 1.94. The molecular formula is C27H58OSSi. The molecule has 0 saturated carbocycles. The quantitative estimate of drug-likeness (QED) is 0.0771. The first-order chi connectivity index (χ1) is 14.8. The lowest BCUT2D eigenvalue weighted by atomic mass is 10.0. The van der Waals surface area contributed by atoms with E-state index in [0.717, 1.165) is 18.3 Å². The third-order valence-corrected chi connectivity index (χ3v) is 7.95. The van der Waals surface area contributed by atoms with Crippen LogP contribution in [0, 0.1) is 5.92 Å². The van der Waals surface area contributed by atoms with Gasteiger partial charge in [-0.15, -0.1) is 0 Å². The second-order valence-electron chi connectivity index (χ2n) is 9.94. The van der Waals surface area contributed by atoms with Gasteiger partial charge in [-0.25, -0.2) is 0 Å². The maximum Gasteiger partial charge on any atom is 0.161 e. The highest BCUT2D eigenvalue weighted by molar-refractivity contribution is 7.80. The average Bonchev–Trinajstić information content (AvgIpc) is 2.73. The summed E-state index contributed by atoms with van der Waals surface area (Å²) in [5.41, 5.74) is 0. The highest BCUT2D eigenvalue weighted by Gasteiger charge is 1.97. The standard InChI is InChI=1S/C27H58OSSi/c1-27(2)23-19-15-12-10-8-6-4-3-5-7-9-11-13-16-20-24-28-30-26-22-18-14-17-21-25-29/h27,29H,3-26,30H2,1-2H3. The van der Waals surface area contributed by atoms with Crippen LogP contribution in [0.1, 0.15) is 149 Å². The minimum Gasteiger partial charge on any atom is -0.424 e. The second kappa shape index (κ2) is 27.6. The lowest BCUT2D eigenvalue weighted by Gasteiger charge is -2.05. The fourth-order valence-electron chi connectivity index (χ4n) is 4.18. The molecule has 0 spiro atoms. The molecule has 0 saturated heterocycles. The Bertz CT molecular complexity index is 299. The van der Waals surface area contributed by atoms with Gasteiger partial charge in [0.2, 0.25) is 0 Å². The van der Waals surface area contributed by atoms with E-state index in [9.17, 15) is 0 Å². The molecule has 0 aliphatic carbocycles. The predicted molar refractivity (Wildman–Crippen MR) is 145 cm³/mol. The third-order valence-electron chi connectivity index (χ3n) is 6.27. The van der Waals surface area contributed by atoms with E-state index in [0.29, 0.717) is 0 Å². The molecule has 0 N–H and O–H groups in total. The van der Waals surface area contributed by atoms with Crippen molar-refractivity contribution in [2.24, 2.45) is 5.92 Å². The Labute approximate surface area is 199 Å². The lowest BCUT2D eigenvalue weighted by Crippen LogP contribution is -2.00. The van der Waals surface area contributed by atoms with E-state index in [1.54, 1.807) is 0 Å². The summed E-state index contributed by atoms with van der Waals surface area (Å²) in [7, 11) is -0.212. The van der Waals surface area contributed by atoms with E-state index in [-0.39, 0.29) is 9.76 Å². The zero-order chi connectivity index (χ0) is 22.0. The number of unbranched alkanes of at least 4 members (excludes halogenated alkanes) is 18. The van der Waals surface area contributed by atoms with Crippen LogP contribution in [-0.2, 0) is 4.43 Å². The summed E-state index contributed by atoms with van der Waals surface area (Å²) in [5, 5.41) is 0. The Balaban J connectivity index is 2.99. The molecule has 0 fully saturated rings. The SMILES string of the molecule is CC(C)CCCCCCCCCCCCCCCCCO[SiH2]CCCCCCCS. The molecule has 0 aliphatic heterocycles. The first kappa shape index (κ1) is 30.5. The molecule has 1 nitrogen and oxygen atoms in total. The van der Waals surface area contributed by atoms with Crippen molar-refractivity contribution in [3.63, 3.8) is 0 Å². The van der Waals surface area contributed by atoms with Crippen LogP contribution in [0.15, 0.2) is 0 Å². The third kappa shape index (κ3) is 28.5. The van der Waals surface area contributed by atoms with Crippen LogP contribution in [0.5, 0.6) is 0 Å². The van der Waals surface area contributed by atoms with Crippen LogP contribution in [0.2, 0.25) is 6.04 Å². The zero-order valence-corrected chi connectivity index (χ0v) is 23.4. The van der Waals surface area contributed by atoms with E-state index in [4.69, 9.17) is 4.43 Å². The fourth-order valence-corrected chi connectivity index (χ4v) is 5.57. The van der Waals surface area contributed by atoms with Gasteiger partial charge in [-0.1, -0.05) is 136 Å². The van der Waals surface area contributed by atoms with Crippen LogP contribution in [0.4, 0.5) is 0 Å². The van der Waals surface area contributed by atoms with Crippen LogP contribution < -0.4 is 0 Å². The Morgan fingerprint density at radius 2 is 0.933 bits per heavy atom. The zero-order valence-electron chi connectivity index (χ0n) is 21.1. The molecule has 0 bridgehead atoms. The van der Waals surface area contributed by atoms with Gasteiger partial charge in [-0.05, 0) is 30.6 Å². The summed E-state index contributed by atoms with van der Waals surface area (Å²) in [4.78, 5) is 0. The largest absolute Gasteiger partial charge is 0.424 e. The summed E-state index contributed by atoms with van der Waals surface area (Å²) in [6, 6.07) is 1.39. The lowest BCUT2D eigenvalue weighted by molar-refractivity contribution is 0.319. The molecule has 0 aromatic heterocycles. The average molecular weight is 459 g/mol. The van der Waals surface area contributed by atoms with Crippen LogP contribution in [-0.4, -0.2) is 22.1 Å². The number of thiol groups is 1. The molecule has 30 heavy (non-hydrogen) atoms. The monoisotopic (exact) mass is 458 g/mol. The molecule has 0 atom stereocenters. The van der Waals surface area contributed by atoms with Gasteiger partial charge in [-0.2, -0.15) is 12.6 Å². The Hall–Kier alpha value is 0.527. The topological polar surface area (TPSA) is 9.23 Å². The number of hydrogen-bond acceptors (Lipinski definition) is 2. The maximum atomic E-state index is 5.92. The normalized spacial score (nSPS) is 12.0. The molecule has 182 valence electrons. The van der Waals surface area contributed by atoms with E-state index in [1.165, 1.54) is 141 Å². The van der Waals surface area contributed by atoms with Gasteiger partial charge in [0, 0.05) is 6.61 Å². The van der Waals surface area contributed by atoms with Gasteiger partial charge in [0.25, 0.3) is 0 Å². The predicted octanol–water partition coefficient (Wildman–Crippen LogP) is 9.28. The molecule has 0 radical (unpaired) electrons. The molecular weight excluding hydrogens is 400 g/mol. The first-order valence-corrected chi connectivity index (χ1v) is 16.2. The summed E-state index contributed by atoms with van der Waals surface area (Å²) >= 11 is 4.26. The molecule has 0 unspecified atom stereocenters. The van der Waals surface area contributed by atoms with Crippen LogP contribution >= 0.6 is 12.6 Å². The summed E-state index contributed by atoms with van der Waals surface area (Å²) in [6.45, 7) is 5.73. The van der Waals surface area contributed by atoms with Crippen molar-refractivity contribution in [3.8, 4) is 0 Å². The van der Waals surface area contributed by atoms with Crippen molar-refractivity contribution in [1.29, 1.82) is 0 Å². The van der Waals surface area contributed by atoms with Gasteiger partial charge in [0.05, 0.1) is 0 Å². The molecule has 3 heteroatoms. The molecule has 0 heterocycles. The van der Waals surface area contributed by atoms with Crippen molar-refractivity contribution in [2.75, 3.05) is 12.4 Å². The van der Waals surface area contributed by atoms with E-state index in [1.807, 2.05) is 0 Å². The Morgan fingerprint density at radius 1 is 0.533 bits per heavy atom.